The standard InChI is InChI=1S/C13H17N3/c1-10-3-2-8-16(10)12-4-5-13(15)11(9-12)6-7-14/h4-5,9-10H,2-3,6,8,15H2,1H3. The molecule has 0 spiro atoms. The Bertz CT molecular complexity index is 420. The Morgan fingerprint density at radius 2 is 2.38 bits per heavy atom. The number of anilines is 2. The average molecular weight is 215 g/mol. The SMILES string of the molecule is CC1CCCN1c1ccc(N)c(CC#N)c1. The molecule has 1 saturated heterocycles. The predicted octanol–water partition coefficient (Wildman–Crippen LogP) is 2.32. The number of hydrogen-bond acceptors (Lipinski definition) is 3. The van der Waals surface area contributed by atoms with Gasteiger partial charge in [-0.2, -0.15) is 5.26 Å². The second-order valence-electron chi connectivity index (χ2n) is 4.40. The van der Waals surface area contributed by atoms with E-state index in [0.29, 0.717) is 12.5 Å². The first-order chi connectivity index (χ1) is 7.72. The van der Waals surface area contributed by atoms with Gasteiger partial charge in [0.05, 0.1) is 12.5 Å². The van der Waals surface area contributed by atoms with Crippen LogP contribution < -0.4 is 10.6 Å². The number of nitriles is 1. The van der Waals surface area contributed by atoms with E-state index in [2.05, 4.69) is 30.0 Å². The fourth-order valence-electron chi connectivity index (χ4n) is 2.33. The molecule has 1 aromatic rings. The molecule has 0 bridgehead atoms. The monoisotopic (exact) mass is 215 g/mol. The summed E-state index contributed by atoms with van der Waals surface area (Å²) in [4.78, 5) is 2.39. The van der Waals surface area contributed by atoms with Gasteiger partial charge >= 0.3 is 0 Å². The highest BCUT2D eigenvalue weighted by Gasteiger charge is 2.20. The number of hydrogen-bond donors (Lipinski definition) is 1. The fourth-order valence-corrected chi connectivity index (χ4v) is 2.33. The molecule has 2 N–H and O–H groups in total. The van der Waals surface area contributed by atoms with Gasteiger partial charge in [0.1, 0.15) is 0 Å². The zero-order chi connectivity index (χ0) is 11.5. The van der Waals surface area contributed by atoms with Crippen molar-refractivity contribution in [3.63, 3.8) is 0 Å². The summed E-state index contributed by atoms with van der Waals surface area (Å²) >= 11 is 0. The van der Waals surface area contributed by atoms with Crippen molar-refractivity contribution in [2.45, 2.75) is 32.2 Å². The Kier molecular flexibility index (Phi) is 3.00. The second kappa shape index (κ2) is 4.44. The zero-order valence-electron chi connectivity index (χ0n) is 9.61. The lowest BCUT2D eigenvalue weighted by Gasteiger charge is -2.24. The smallest absolute Gasteiger partial charge is 0.0670 e. The van der Waals surface area contributed by atoms with Crippen molar-refractivity contribution in [2.24, 2.45) is 0 Å². The third-order valence-corrected chi connectivity index (χ3v) is 3.28. The molecular weight excluding hydrogens is 198 g/mol. The van der Waals surface area contributed by atoms with Crippen molar-refractivity contribution in [2.75, 3.05) is 17.2 Å². The van der Waals surface area contributed by atoms with Gasteiger partial charge in [0.15, 0.2) is 0 Å². The van der Waals surface area contributed by atoms with Gasteiger partial charge in [-0.15, -0.1) is 0 Å². The second-order valence-corrected chi connectivity index (χ2v) is 4.40. The largest absolute Gasteiger partial charge is 0.398 e. The van der Waals surface area contributed by atoms with Crippen molar-refractivity contribution in [1.29, 1.82) is 5.26 Å². The number of rotatable bonds is 2. The highest BCUT2D eigenvalue weighted by Crippen LogP contribution is 2.28. The van der Waals surface area contributed by atoms with Gasteiger partial charge in [0.25, 0.3) is 0 Å². The maximum atomic E-state index is 8.73. The van der Waals surface area contributed by atoms with E-state index in [1.54, 1.807) is 0 Å². The Morgan fingerprint density at radius 3 is 3.00 bits per heavy atom. The molecule has 0 saturated carbocycles. The van der Waals surface area contributed by atoms with Crippen LogP contribution in [0.2, 0.25) is 0 Å². The minimum absolute atomic E-state index is 0.391. The van der Waals surface area contributed by atoms with E-state index in [0.717, 1.165) is 17.8 Å². The lowest BCUT2D eigenvalue weighted by atomic mass is 10.1. The maximum Gasteiger partial charge on any atom is 0.0670 e. The summed E-state index contributed by atoms with van der Waals surface area (Å²) in [5.74, 6) is 0. The quantitative estimate of drug-likeness (QED) is 0.770. The van der Waals surface area contributed by atoms with E-state index in [4.69, 9.17) is 11.0 Å². The summed E-state index contributed by atoms with van der Waals surface area (Å²) in [7, 11) is 0. The van der Waals surface area contributed by atoms with Crippen LogP contribution in [0.3, 0.4) is 0 Å². The Morgan fingerprint density at radius 1 is 1.56 bits per heavy atom. The zero-order valence-corrected chi connectivity index (χ0v) is 9.61. The number of nitrogen functional groups attached to an aromatic ring is 1. The summed E-state index contributed by atoms with van der Waals surface area (Å²) in [6.45, 7) is 3.35. The first-order valence-electron chi connectivity index (χ1n) is 5.74. The molecule has 1 unspecified atom stereocenters. The Balaban J connectivity index is 2.28. The molecule has 1 fully saturated rings. The van der Waals surface area contributed by atoms with E-state index in [-0.39, 0.29) is 0 Å². The van der Waals surface area contributed by atoms with Crippen LogP contribution in [0.1, 0.15) is 25.3 Å². The summed E-state index contributed by atoms with van der Waals surface area (Å²) in [6.07, 6.45) is 2.89. The minimum atomic E-state index is 0.391. The van der Waals surface area contributed by atoms with Gasteiger partial charge < -0.3 is 10.6 Å². The minimum Gasteiger partial charge on any atom is -0.398 e. The van der Waals surface area contributed by atoms with Gasteiger partial charge in [-0.3, -0.25) is 0 Å². The lowest BCUT2D eigenvalue weighted by molar-refractivity contribution is 0.735. The van der Waals surface area contributed by atoms with Crippen LogP contribution in [0.25, 0.3) is 0 Å². The summed E-state index contributed by atoms with van der Waals surface area (Å²) in [5.41, 5.74) is 8.70. The van der Waals surface area contributed by atoms with Gasteiger partial charge in [-0.1, -0.05) is 0 Å². The fraction of sp³-hybridized carbons (Fsp3) is 0.462. The van der Waals surface area contributed by atoms with Gasteiger partial charge in [-0.05, 0) is 43.5 Å². The molecule has 3 heteroatoms. The van der Waals surface area contributed by atoms with E-state index < -0.39 is 0 Å². The molecule has 2 rings (SSSR count). The molecule has 0 amide bonds. The number of nitrogens with zero attached hydrogens (tertiary/aromatic N) is 2. The van der Waals surface area contributed by atoms with Gasteiger partial charge in [0, 0.05) is 24.0 Å². The molecule has 3 nitrogen and oxygen atoms in total. The van der Waals surface area contributed by atoms with Crippen molar-refractivity contribution >= 4 is 11.4 Å². The first-order valence-corrected chi connectivity index (χ1v) is 5.74. The lowest BCUT2D eigenvalue weighted by Crippen LogP contribution is -2.26. The molecular formula is C13H17N3. The van der Waals surface area contributed by atoms with Gasteiger partial charge in [0.2, 0.25) is 0 Å². The number of nitrogens with two attached hydrogens (primary N) is 1. The summed E-state index contributed by atoms with van der Waals surface area (Å²) in [5, 5.41) is 8.73. The van der Waals surface area contributed by atoms with E-state index in [9.17, 15) is 0 Å². The normalized spacial score (nSPS) is 19.8. The van der Waals surface area contributed by atoms with Gasteiger partial charge in [-0.25, -0.2) is 0 Å². The molecule has 1 aliphatic rings. The molecule has 1 aromatic carbocycles. The van der Waals surface area contributed by atoms with Crippen LogP contribution in [0.15, 0.2) is 18.2 Å². The molecule has 1 heterocycles. The average Bonchev–Trinajstić information content (AvgIpc) is 2.68. The third-order valence-electron chi connectivity index (χ3n) is 3.28. The van der Waals surface area contributed by atoms with Crippen LogP contribution in [-0.4, -0.2) is 12.6 Å². The van der Waals surface area contributed by atoms with Crippen molar-refractivity contribution in [1.82, 2.24) is 0 Å². The third kappa shape index (κ3) is 1.96. The van der Waals surface area contributed by atoms with Crippen LogP contribution in [0.4, 0.5) is 11.4 Å². The van der Waals surface area contributed by atoms with Crippen LogP contribution in [0, 0.1) is 11.3 Å². The topological polar surface area (TPSA) is 53.0 Å². The number of benzene rings is 1. The van der Waals surface area contributed by atoms with Crippen LogP contribution in [-0.2, 0) is 6.42 Å². The highest BCUT2D eigenvalue weighted by atomic mass is 15.2. The van der Waals surface area contributed by atoms with E-state index in [1.807, 2.05) is 6.07 Å². The molecule has 0 radical (unpaired) electrons. The van der Waals surface area contributed by atoms with E-state index in [1.165, 1.54) is 18.5 Å². The summed E-state index contributed by atoms with van der Waals surface area (Å²) in [6, 6.07) is 8.77. The van der Waals surface area contributed by atoms with Crippen LogP contribution >= 0.6 is 0 Å². The molecule has 1 atom stereocenters. The molecule has 0 aliphatic carbocycles. The molecule has 84 valence electrons. The van der Waals surface area contributed by atoms with E-state index >= 15 is 0 Å². The molecule has 16 heavy (non-hydrogen) atoms. The Hall–Kier alpha value is -1.69. The summed E-state index contributed by atoms with van der Waals surface area (Å²) < 4.78 is 0. The van der Waals surface area contributed by atoms with Crippen molar-refractivity contribution in [3.05, 3.63) is 23.8 Å². The highest BCUT2D eigenvalue weighted by molar-refractivity contribution is 5.59. The first kappa shape index (κ1) is 10.8. The predicted molar refractivity (Wildman–Crippen MR) is 66.2 cm³/mol. The van der Waals surface area contributed by atoms with Crippen LogP contribution in [0.5, 0.6) is 0 Å². The molecule has 1 aliphatic heterocycles. The molecule has 0 aromatic heterocycles. The van der Waals surface area contributed by atoms with Crippen molar-refractivity contribution < 1.29 is 0 Å². The maximum absolute atomic E-state index is 8.73. The van der Waals surface area contributed by atoms with Crippen molar-refractivity contribution in [3.8, 4) is 6.07 Å². The Labute approximate surface area is 96.5 Å².